The van der Waals surface area contributed by atoms with Gasteiger partial charge in [0.05, 0.1) is 0 Å². The Morgan fingerprint density at radius 3 is 2.59 bits per heavy atom. The van der Waals surface area contributed by atoms with E-state index in [2.05, 4.69) is 15.6 Å². The summed E-state index contributed by atoms with van der Waals surface area (Å²) in [7, 11) is 0. The number of hydrogen-bond acceptors (Lipinski definition) is 5. The predicted octanol–water partition coefficient (Wildman–Crippen LogP) is 4.50. The van der Waals surface area contributed by atoms with Gasteiger partial charge in [-0.1, -0.05) is 11.6 Å². The molecule has 8 heteroatoms. The molecule has 0 aliphatic heterocycles. The van der Waals surface area contributed by atoms with Gasteiger partial charge in [-0.15, -0.1) is 0 Å². The van der Waals surface area contributed by atoms with E-state index in [4.69, 9.17) is 20.8 Å². The van der Waals surface area contributed by atoms with Crippen molar-refractivity contribution < 1.29 is 18.7 Å². The van der Waals surface area contributed by atoms with Crippen molar-refractivity contribution in [2.75, 3.05) is 5.32 Å². The Hall–Kier alpha value is -2.28. The molecule has 2 aromatic rings. The summed E-state index contributed by atoms with van der Waals surface area (Å²) < 4.78 is 10.8. The van der Waals surface area contributed by atoms with Crippen molar-refractivity contribution in [3.8, 4) is 0 Å². The van der Waals surface area contributed by atoms with Crippen LogP contribution in [0.2, 0.25) is 5.02 Å². The molecular weight excluding hydrogens is 370 g/mol. The molecule has 0 bridgehead atoms. The second kappa shape index (κ2) is 7.76. The lowest BCUT2D eigenvalue weighted by atomic mass is 9.85. The molecule has 27 heavy (non-hydrogen) atoms. The first-order chi connectivity index (χ1) is 12.7. The largest absolute Gasteiger partial charge is 0.444 e. The van der Waals surface area contributed by atoms with Gasteiger partial charge in [-0.05, 0) is 64.7 Å². The molecular formula is C19H24ClN3O4. The minimum absolute atomic E-state index is 0.0235. The average molecular weight is 394 g/mol. The lowest BCUT2D eigenvalue weighted by Crippen LogP contribution is -2.42. The molecule has 1 fully saturated rings. The molecule has 0 radical (unpaired) electrons. The molecule has 1 aliphatic carbocycles. The van der Waals surface area contributed by atoms with E-state index in [1.807, 2.05) is 20.8 Å². The Bertz CT molecular complexity index is 835. The SMILES string of the molecule is CC(C)(C)OC(=O)N[C@H]1CC[C@H](C(=O)Nc2nc3cc(Cl)ccc3o2)CC1. The number of alkyl carbamates (subject to hydrolysis) is 1. The first-order valence-electron chi connectivity index (χ1n) is 9.06. The third kappa shape index (κ3) is 5.35. The van der Waals surface area contributed by atoms with E-state index in [9.17, 15) is 9.59 Å². The van der Waals surface area contributed by atoms with Crippen LogP contribution in [-0.4, -0.2) is 28.6 Å². The zero-order valence-corrected chi connectivity index (χ0v) is 16.4. The van der Waals surface area contributed by atoms with Gasteiger partial charge in [-0.2, -0.15) is 4.98 Å². The normalized spacial score (nSPS) is 20.3. The van der Waals surface area contributed by atoms with Crippen LogP contribution in [0.25, 0.3) is 11.1 Å². The minimum atomic E-state index is -0.523. The monoisotopic (exact) mass is 393 g/mol. The average Bonchev–Trinajstić information content (AvgIpc) is 2.94. The van der Waals surface area contributed by atoms with Gasteiger partial charge >= 0.3 is 12.1 Å². The Labute approximate surface area is 162 Å². The van der Waals surface area contributed by atoms with Crippen LogP contribution >= 0.6 is 11.6 Å². The third-order valence-electron chi connectivity index (χ3n) is 4.40. The fraction of sp³-hybridized carbons (Fsp3) is 0.526. The van der Waals surface area contributed by atoms with Gasteiger partial charge in [0, 0.05) is 17.0 Å². The van der Waals surface area contributed by atoms with Crippen molar-refractivity contribution in [3.05, 3.63) is 23.2 Å². The number of ether oxygens (including phenoxy) is 1. The van der Waals surface area contributed by atoms with Crippen molar-refractivity contribution in [3.63, 3.8) is 0 Å². The number of amides is 2. The molecule has 1 heterocycles. The summed E-state index contributed by atoms with van der Waals surface area (Å²) in [5, 5.41) is 6.17. The molecule has 2 amide bonds. The quantitative estimate of drug-likeness (QED) is 0.800. The smallest absolute Gasteiger partial charge is 0.407 e. The lowest BCUT2D eigenvalue weighted by molar-refractivity contribution is -0.121. The number of nitrogens with one attached hydrogen (secondary N) is 2. The van der Waals surface area contributed by atoms with E-state index in [1.165, 1.54) is 0 Å². The summed E-state index contributed by atoms with van der Waals surface area (Å²) in [5.74, 6) is -0.261. The molecule has 146 valence electrons. The summed E-state index contributed by atoms with van der Waals surface area (Å²) in [4.78, 5) is 28.6. The Morgan fingerprint density at radius 1 is 1.22 bits per heavy atom. The molecule has 7 nitrogen and oxygen atoms in total. The number of benzene rings is 1. The van der Waals surface area contributed by atoms with Gasteiger partial charge in [0.2, 0.25) is 5.91 Å². The number of rotatable bonds is 3. The van der Waals surface area contributed by atoms with Gasteiger partial charge in [-0.3, -0.25) is 10.1 Å². The Kier molecular flexibility index (Phi) is 5.60. The molecule has 0 unspecified atom stereocenters. The highest BCUT2D eigenvalue weighted by Gasteiger charge is 2.29. The van der Waals surface area contributed by atoms with E-state index in [-0.39, 0.29) is 23.9 Å². The minimum Gasteiger partial charge on any atom is -0.444 e. The maximum atomic E-state index is 12.5. The fourth-order valence-corrected chi connectivity index (χ4v) is 3.30. The third-order valence-corrected chi connectivity index (χ3v) is 4.63. The number of oxazole rings is 1. The molecule has 1 aromatic heterocycles. The van der Waals surface area contributed by atoms with Crippen LogP contribution in [-0.2, 0) is 9.53 Å². The highest BCUT2D eigenvalue weighted by atomic mass is 35.5. The molecule has 1 aliphatic rings. The first kappa shape index (κ1) is 19.5. The number of carbonyl (C=O) groups excluding carboxylic acids is 2. The van der Waals surface area contributed by atoms with Crippen LogP contribution in [0.5, 0.6) is 0 Å². The fourth-order valence-electron chi connectivity index (χ4n) is 3.14. The van der Waals surface area contributed by atoms with Crippen LogP contribution in [0.15, 0.2) is 22.6 Å². The maximum Gasteiger partial charge on any atom is 0.407 e. The number of anilines is 1. The van der Waals surface area contributed by atoms with Crippen molar-refractivity contribution in [1.82, 2.24) is 10.3 Å². The molecule has 2 N–H and O–H groups in total. The van der Waals surface area contributed by atoms with E-state index in [0.717, 1.165) is 12.8 Å². The van der Waals surface area contributed by atoms with Gasteiger partial charge in [0.25, 0.3) is 0 Å². The van der Waals surface area contributed by atoms with Gasteiger partial charge in [-0.25, -0.2) is 4.79 Å². The van der Waals surface area contributed by atoms with E-state index in [1.54, 1.807) is 18.2 Å². The van der Waals surface area contributed by atoms with Crippen LogP contribution < -0.4 is 10.6 Å². The molecule has 1 saturated carbocycles. The van der Waals surface area contributed by atoms with Crippen molar-refractivity contribution in [1.29, 1.82) is 0 Å². The molecule has 1 aromatic carbocycles. The summed E-state index contributed by atoms with van der Waals surface area (Å²) in [6, 6.07) is 5.30. The van der Waals surface area contributed by atoms with Gasteiger partial charge in [0.15, 0.2) is 5.58 Å². The Morgan fingerprint density at radius 2 is 1.93 bits per heavy atom. The molecule has 0 saturated heterocycles. The Balaban J connectivity index is 1.50. The summed E-state index contributed by atoms with van der Waals surface area (Å²) in [5.41, 5.74) is 0.647. The van der Waals surface area contributed by atoms with Crippen molar-refractivity contribution in [2.45, 2.75) is 58.1 Å². The van der Waals surface area contributed by atoms with Crippen LogP contribution in [0.4, 0.5) is 10.8 Å². The van der Waals surface area contributed by atoms with E-state index < -0.39 is 11.7 Å². The number of nitrogens with zero attached hydrogens (tertiary/aromatic N) is 1. The second-order valence-electron chi connectivity index (χ2n) is 7.82. The number of fused-ring (bicyclic) bond motifs is 1. The topological polar surface area (TPSA) is 93.5 Å². The standard InChI is InChI=1S/C19H24ClN3O4/c1-19(2,3)27-18(25)21-13-7-4-11(5-8-13)16(24)23-17-22-14-10-12(20)6-9-15(14)26-17/h6,9-11,13H,4-5,7-8H2,1-3H3,(H,21,25)(H,22,23,24)/t11-,13-. The first-order valence-corrected chi connectivity index (χ1v) is 9.44. The number of aromatic nitrogens is 1. The summed E-state index contributed by atoms with van der Waals surface area (Å²) in [6.07, 6.45) is 2.39. The van der Waals surface area contributed by atoms with Crippen molar-refractivity contribution >= 4 is 40.7 Å². The summed E-state index contributed by atoms with van der Waals surface area (Å²) in [6.45, 7) is 5.48. The highest BCUT2D eigenvalue weighted by molar-refractivity contribution is 6.31. The van der Waals surface area contributed by atoms with Gasteiger partial charge in [0.1, 0.15) is 11.1 Å². The molecule has 3 rings (SSSR count). The lowest BCUT2D eigenvalue weighted by Gasteiger charge is -2.29. The van der Waals surface area contributed by atoms with Crippen LogP contribution in [0, 0.1) is 5.92 Å². The zero-order valence-electron chi connectivity index (χ0n) is 15.7. The maximum absolute atomic E-state index is 12.5. The van der Waals surface area contributed by atoms with Crippen molar-refractivity contribution in [2.24, 2.45) is 5.92 Å². The van der Waals surface area contributed by atoms with E-state index >= 15 is 0 Å². The van der Waals surface area contributed by atoms with Crippen LogP contribution in [0.1, 0.15) is 46.5 Å². The number of halogens is 1. The van der Waals surface area contributed by atoms with E-state index in [0.29, 0.717) is 29.0 Å². The number of carbonyl (C=O) groups is 2. The zero-order chi connectivity index (χ0) is 19.6. The second-order valence-corrected chi connectivity index (χ2v) is 8.25. The summed E-state index contributed by atoms with van der Waals surface area (Å²) >= 11 is 5.93. The highest BCUT2D eigenvalue weighted by Crippen LogP contribution is 2.27. The van der Waals surface area contributed by atoms with Gasteiger partial charge < -0.3 is 14.5 Å². The van der Waals surface area contributed by atoms with Crippen LogP contribution in [0.3, 0.4) is 0 Å². The molecule has 0 spiro atoms. The number of hydrogen-bond donors (Lipinski definition) is 2. The molecule has 0 atom stereocenters. The predicted molar refractivity (Wildman–Crippen MR) is 103 cm³/mol.